The quantitative estimate of drug-likeness (QED) is 0.254. The average Bonchev–Trinajstić information content (AvgIpc) is 2.74. The van der Waals surface area contributed by atoms with Gasteiger partial charge in [-0.25, -0.2) is 9.80 Å². The first-order chi connectivity index (χ1) is 17.3. The normalized spacial score (nSPS) is 13.4. The van der Waals surface area contributed by atoms with Gasteiger partial charge in [-0.15, -0.1) is 0 Å². The molecular formula is C22H16Br2F9N3O2. The number of carbonyl (C=O) groups excluding carboxylic acids is 2. The number of amides is 3. The smallest absolute Gasteiger partial charge is 0.327 e. The number of rotatable bonds is 5. The van der Waals surface area contributed by atoms with Crippen molar-refractivity contribution in [1.82, 2.24) is 15.8 Å². The van der Waals surface area contributed by atoms with E-state index in [1.807, 2.05) is 0 Å². The molecule has 2 rings (SSSR count). The second-order valence-corrected chi connectivity index (χ2v) is 9.49. The van der Waals surface area contributed by atoms with E-state index in [2.05, 4.69) is 31.9 Å². The van der Waals surface area contributed by atoms with Gasteiger partial charge in [-0.1, -0.05) is 50.1 Å². The first-order valence-electron chi connectivity index (χ1n) is 10.1. The van der Waals surface area contributed by atoms with Gasteiger partial charge in [0.05, 0.1) is 17.0 Å². The van der Waals surface area contributed by atoms with Crippen LogP contribution in [0.3, 0.4) is 0 Å². The molecule has 0 aliphatic rings. The third-order valence-electron chi connectivity index (χ3n) is 4.69. The number of hydrazine groups is 1. The monoisotopic (exact) mass is 683 g/mol. The largest absolute Gasteiger partial charge is 0.417 e. The lowest BCUT2D eigenvalue weighted by molar-refractivity contribution is -0.139. The van der Waals surface area contributed by atoms with Crippen molar-refractivity contribution in [2.24, 2.45) is 0 Å². The molecule has 0 aliphatic carbocycles. The van der Waals surface area contributed by atoms with Gasteiger partial charge in [0.1, 0.15) is 6.54 Å². The number of hydrogen-bond donors (Lipinski definition) is 2. The highest BCUT2D eigenvalue weighted by Gasteiger charge is 2.39. The molecule has 5 nitrogen and oxygen atoms in total. The maximum Gasteiger partial charge on any atom is 0.417 e. The van der Waals surface area contributed by atoms with Crippen molar-refractivity contribution in [3.63, 3.8) is 0 Å². The van der Waals surface area contributed by atoms with Crippen LogP contribution >= 0.6 is 31.9 Å². The van der Waals surface area contributed by atoms with Gasteiger partial charge in [0.2, 0.25) is 0 Å². The van der Waals surface area contributed by atoms with Crippen LogP contribution in [0.4, 0.5) is 44.3 Å². The van der Waals surface area contributed by atoms with Crippen molar-refractivity contribution in [2.75, 3.05) is 13.6 Å². The molecule has 3 amide bonds. The minimum absolute atomic E-state index is 0.200. The highest BCUT2D eigenvalue weighted by atomic mass is 79.9. The number of allylic oxidation sites excluding steroid dienone is 1. The molecule has 2 aromatic rings. The Kier molecular flexibility index (Phi) is 9.91. The van der Waals surface area contributed by atoms with E-state index in [0.717, 1.165) is 19.2 Å². The predicted molar refractivity (Wildman–Crippen MR) is 126 cm³/mol. The van der Waals surface area contributed by atoms with E-state index in [4.69, 9.17) is 0 Å². The Morgan fingerprint density at radius 3 is 2.03 bits per heavy atom. The molecule has 0 saturated carbocycles. The van der Waals surface area contributed by atoms with Gasteiger partial charge in [-0.3, -0.25) is 10.2 Å². The number of halogens is 11. The third kappa shape index (κ3) is 9.22. The molecule has 0 bridgehead atoms. The molecule has 0 fully saturated rings. The fourth-order valence-corrected chi connectivity index (χ4v) is 4.36. The Morgan fingerprint density at radius 1 is 0.947 bits per heavy atom. The van der Waals surface area contributed by atoms with Crippen LogP contribution in [0.1, 0.15) is 33.0 Å². The standard InChI is InChI=1S/C22H16Br2F9N3O2/c1-36(19(38)34-10-20(25,26)27)35-18(37)15-4-2-11(6-17(15)22(31,32)33)3-5-16(21(28,29)30)12-7-13(23)9-14(24)8-12/h2-9,16H,10H2,1H3,(H,34,38)(H,35,37)/b5-3+. The summed E-state index contributed by atoms with van der Waals surface area (Å²) < 4.78 is 119. The summed E-state index contributed by atoms with van der Waals surface area (Å²) >= 11 is 6.15. The lowest BCUT2D eigenvalue weighted by Crippen LogP contribution is -2.50. The minimum Gasteiger partial charge on any atom is -0.327 e. The van der Waals surface area contributed by atoms with E-state index >= 15 is 0 Å². The van der Waals surface area contributed by atoms with Crippen molar-refractivity contribution in [2.45, 2.75) is 24.4 Å². The van der Waals surface area contributed by atoms with Crippen molar-refractivity contribution < 1.29 is 49.1 Å². The molecular weight excluding hydrogens is 669 g/mol. The molecule has 0 radical (unpaired) electrons. The molecule has 0 heterocycles. The second-order valence-electron chi connectivity index (χ2n) is 7.66. The molecule has 38 heavy (non-hydrogen) atoms. The maximum absolute atomic E-state index is 13.7. The first kappa shape index (κ1) is 31.5. The van der Waals surface area contributed by atoms with Crippen LogP contribution in [-0.2, 0) is 6.18 Å². The lowest BCUT2D eigenvalue weighted by atomic mass is 9.96. The Labute approximate surface area is 226 Å². The Bertz CT molecular complexity index is 1190. The zero-order valence-electron chi connectivity index (χ0n) is 18.8. The molecule has 1 unspecified atom stereocenters. The molecule has 1 atom stereocenters. The number of hydrogen-bond acceptors (Lipinski definition) is 2. The zero-order chi connectivity index (χ0) is 29.1. The van der Waals surface area contributed by atoms with Crippen molar-refractivity contribution in [1.29, 1.82) is 0 Å². The van der Waals surface area contributed by atoms with Crippen LogP contribution in [0.25, 0.3) is 6.08 Å². The number of nitrogens with one attached hydrogen (secondary N) is 2. The number of urea groups is 1. The molecule has 0 aromatic heterocycles. The Balaban J connectivity index is 2.35. The first-order valence-corrected chi connectivity index (χ1v) is 11.7. The highest BCUT2D eigenvalue weighted by Crippen LogP contribution is 2.39. The van der Waals surface area contributed by atoms with Crippen LogP contribution < -0.4 is 10.7 Å². The molecule has 0 aliphatic heterocycles. The van der Waals surface area contributed by atoms with E-state index in [9.17, 15) is 49.1 Å². The van der Waals surface area contributed by atoms with Crippen LogP contribution in [0.15, 0.2) is 51.4 Å². The molecule has 0 saturated heterocycles. The highest BCUT2D eigenvalue weighted by molar-refractivity contribution is 9.11. The molecule has 0 spiro atoms. The summed E-state index contributed by atoms with van der Waals surface area (Å²) in [6.07, 6.45) is -13.2. The van der Waals surface area contributed by atoms with Crippen LogP contribution in [0.5, 0.6) is 0 Å². The van der Waals surface area contributed by atoms with Crippen molar-refractivity contribution in [3.8, 4) is 0 Å². The average molecular weight is 685 g/mol. The van der Waals surface area contributed by atoms with E-state index in [1.165, 1.54) is 23.5 Å². The van der Waals surface area contributed by atoms with E-state index < -0.39 is 54.1 Å². The lowest BCUT2D eigenvalue weighted by Gasteiger charge is -2.21. The number of carbonyl (C=O) groups is 2. The summed E-state index contributed by atoms with van der Waals surface area (Å²) in [4.78, 5) is 24.0. The molecule has 2 N–H and O–H groups in total. The van der Waals surface area contributed by atoms with Gasteiger partial charge in [0.25, 0.3) is 5.91 Å². The SMILES string of the molecule is CN(NC(=O)c1ccc(/C=C/C(c2cc(Br)cc(Br)c2)C(F)(F)F)cc1C(F)(F)F)C(=O)NCC(F)(F)F. The van der Waals surface area contributed by atoms with Gasteiger partial charge < -0.3 is 5.32 Å². The summed E-state index contributed by atoms with van der Waals surface area (Å²) in [6.45, 7) is -1.75. The molecule has 2 aromatic carbocycles. The van der Waals surface area contributed by atoms with Gasteiger partial charge in [-0.05, 0) is 41.5 Å². The number of alkyl halides is 9. The zero-order valence-corrected chi connectivity index (χ0v) is 22.0. The summed E-state index contributed by atoms with van der Waals surface area (Å²) in [7, 11) is 0.797. The maximum atomic E-state index is 13.7. The fraction of sp³-hybridized carbons (Fsp3) is 0.273. The van der Waals surface area contributed by atoms with Crippen molar-refractivity contribution >= 4 is 49.9 Å². The van der Waals surface area contributed by atoms with E-state index in [-0.39, 0.29) is 16.1 Å². The summed E-state index contributed by atoms with van der Waals surface area (Å²) in [6, 6.07) is 4.47. The summed E-state index contributed by atoms with van der Waals surface area (Å²) in [5.74, 6) is -3.68. The van der Waals surface area contributed by atoms with Gasteiger partial charge >= 0.3 is 24.6 Å². The van der Waals surface area contributed by atoms with Crippen LogP contribution in [0.2, 0.25) is 0 Å². The van der Waals surface area contributed by atoms with Crippen LogP contribution in [0, 0.1) is 0 Å². The van der Waals surface area contributed by atoms with Crippen LogP contribution in [-0.4, -0.2) is 42.9 Å². The predicted octanol–water partition coefficient (Wildman–Crippen LogP) is 7.44. The second kappa shape index (κ2) is 12.0. The fourth-order valence-electron chi connectivity index (χ4n) is 3.03. The third-order valence-corrected chi connectivity index (χ3v) is 5.60. The number of benzene rings is 2. The summed E-state index contributed by atoms with van der Waals surface area (Å²) in [5.41, 5.74) is -1.39. The van der Waals surface area contributed by atoms with E-state index in [0.29, 0.717) is 27.2 Å². The summed E-state index contributed by atoms with van der Waals surface area (Å²) in [5, 5.41) is 1.63. The Morgan fingerprint density at radius 2 is 1.53 bits per heavy atom. The topological polar surface area (TPSA) is 61.4 Å². The molecule has 208 valence electrons. The van der Waals surface area contributed by atoms with Gasteiger partial charge in [0.15, 0.2) is 0 Å². The van der Waals surface area contributed by atoms with Gasteiger partial charge in [0, 0.05) is 16.0 Å². The number of nitrogens with zero attached hydrogens (tertiary/aromatic N) is 1. The van der Waals surface area contributed by atoms with Gasteiger partial charge in [-0.2, -0.15) is 39.5 Å². The van der Waals surface area contributed by atoms with E-state index in [1.54, 1.807) is 5.43 Å². The minimum atomic E-state index is -5.15. The van der Waals surface area contributed by atoms with Crippen molar-refractivity contribution in [3.05, 3.63) is 73.7 Å². The Hall–Kier alpha value is -2.75. The molecule has 16 heteroatoms.